The molecule has 30 heavy (non-hydrogen) atoms. The molecule has 2 aliphatic heterocycles. The number of hydrogen-bond donors (Lipinski definition) is 4. The summed E-state index contributed by atoms with van der Waals surface area (Å²) < 4.78 is 10.7. The molecule has 0 aromatic heterocycles. The number of likely N-dealkylation sites (tertiary alicyclic amines) is 1. The molecule has 164 valence electrons. The van der Waals surface area contributed by atoms with Gasteiger partial charge in [-0.25, -0.2) is 4.79 Å². The second kappa shape index (κ2) is 9.03. The molecule has 8 nitrogen and oxygen atoms in total. The molecule has 0 unspecified atom stereocenters. The van der Waals surface area contributed by atoms with E-state index in [0.717, 1.165) is 12.0 Å². The van der Waals surface area contributed by atoms with Crippen LogP contribution >= 0.6 is 0 Å². The Morgan fingerprint density at radius 3 is 2.40 bits per heavy atom. The number of carboxylic acids is 1. The molecule has 1 saturated carbocycles. The average Bonchev–Trinajstić information content (AvgIpc) is 2.69. The minimum absolute atomic E-state index is 0.372. The lowest BCUT2D eigenvalue weighted by Crippen LogP contribution is -2.61. The molecule has 0 amide bonds. The van der Waals surface area contributed by atoms with Crippen molar-refractivity contribution in [2.45, 2.75) is 68.9 Å². The van der Waals surface area contributed by atoms with Gasteiger partial charge in [0.2, 0.25) is 6.29 Å². The zero-order valence-electron chi connectivity index (χ0n) is 16.8. The van der Waals surface area contributed by atoms with E-state index in [0.29, 0.717) is 11.8 Å². The molecule has 0 spiro atoms. The van der Waals surface area contributed by atoms with Crippen molar-refractivity contribution in [3.05, 3.63) is 35.4 Å². The zero-order chi connectivity index (χ0) is 21.3. The third kappa shape index (κ3) is 4.38. The lowest BCUT2D eigenvalue weighted by atomic mass is 9.86. The first kappa shape index (κ1) is 21.3. The van der Waals surface area contributed by atoms with Crippen molar-refractivity contribution >= 4 is 12.0 Å². The summed E-state index contributed by atoms with van der Waals surface area (Å²) in [6, 6.07) is 7.78. The van der Waals surface area contributed by atoms with E-state index >= 15 is 0 Å². The second-order valence-electron chi connectivity index (χ2n) is 8.29. The largest absolute Gasteiger partial charge is 0.479 e. The van der Waals surface area contributed by atoms with Gasteiger partial charge < -0.3 is 29.9 Å². The maximum absolute atomic E-state index is 11.2. The normalized spacial score (nSPS) is 36.3. The van der Waals surface area contributed by atoms with Crippen LogP contribution in [0.2, 0.25) is 0 Å². The minimum atomic E-state index is -1.74. The number of ether oxygens (including phenoxy) is 2. The first-order valence-corrected chi connectivity index (χ1v) is 10.6. The van der Waals surface area contributed by atoms with Gasteiger partial charge in [0.15, 0.2) is 6.10 Å². The van der Waals surface area contributed by atoms with Crippen LogP contribution in [-0.4, -0.2) is 81.1 Å². The van der Waals surface area contributed by atoms with E-state index < -0.39 is 36.7 Å². The standard InChI is InChI=1S/C22H29NO7/c24-17-18(25)20(21(27)28)30-22(19(17)26)29-15-8-6-13(7-9-15)12-14-4-1-2-5-16(14)23-10-3-11-23/h6-9,12,16-20,22,24-26H,1-5,10-11H2,(H,27,28)/b14-12+/t16-,17+,18+,19-,20+,22-/m1/s1. The van der Waals surface area contributed by atoms with Gasteiger partial charge in [-0.15, -0.1) is 0 Å². The number of benzene rings is 1. The lowest BCUT2D eigenvalue weighted by Gasteiger charge is -2.42. The molecule has 3 fully saturated rings. The summed E-state index contributed by atoms with van der Waals surface area (Å²) in [6.45, 7) is 2.35. The predicted octanol–water partition coefficient (Wildman–Crippen LogP) is 0.989. The summed E-state index contributed by atoms with van der Waals surface area (Å²) >= 11 is 0. The number of aliphatic carboxylic acids is 1. The van der Waals surface area contributed by atoms with Gasteiger partial charge in [-0.1, -0.05) is 30.2 Å². The Morgan fingerprint density at radius 1 is 1.03 bits per heavy atom. The van der Waals surface area contributed by atoms with Crippen LogP contribution in [0.15, 0.2) is 29.8 Å². The van der Waals surface area contributed by atoms with Gasteiger partial charge in [-0.05, 0) is 56.5 Å². The fourth-order valence-corrected chi connectivity index (χ4v) is 4.40. The van der Waals surface area contributed by atoms with E-state index in [9.17, 15) is 20.1 Å². The maximum Gasteiger partial charge on any atom is 0.335 e. The highest BCUT2D eigenvalue weighted by Gasteiger charge is 2.48. The Kier molecular flexibility index (Phi) is 6.40. The van der Waals surface area contributed by atoms with Gasteiger partial charge in [0.05, 0.1) is 0 Å². The molecule has 1 aromatic rings. The van der Waals surface area contributed by atoms with E-state index in [4.69, 9.17) is 14.6 Å². The van der Waals surface area contributed by atoms with Crippen LogP contribution in [0.25, 0.3) is 6.08 Å². The molecule has 0 bridgehead atoms. The first-order chi connectivity index (χ1) is 14.4. The molecule has 6 atom stereocenters. The van der Waals surface area contributed by atoms with Gasteiger partial charge >= 0.3 is 5.97 Å². The first-order valence-electron chi connectivity index (χ1n) is 10.6. The van der Waals surface area contributed by atoms with E-state index in [1.807, 2.05) is 12.1 Å². The Balaban J connectivity index is 1.43. The summed E-state index contributed by atoms with van der Waals surface area (Å²) in [6.07, 6.45) is 0.251. The summed E-state index contributed by atoms with van der Waals surface area (Å²) in [7, 11) is 0. The zero-order valence-corrected chi connectivity index (χ0v) is 16.8. The topological polar surface area (TPSA) is 120 Å². The average molecular weight is 419 g/mol. The molecular formula is C22H29NO7. The van der Waals surface area contributed by atoms with Crippen molar-refractivity contribution in [3.8, 4) is 5.75 Å². The van der Waals surface area contributed by atoms with Crippen molar-refractivity contribution in [1.29, 1.82) is 0 Å². The Bertz CT molecular complexity index is 776. The fourth-order valence-electron chi connectivity index (χ4n) is 4.40. The second-order valence-corrected chi connectivity index (χ2v) is 8.29. The van der Waals surface area contributed by atoms with Crippen molar-refractivity contribution in [3.63, 3.8) is 0 Å². The van der Waals surface area contributed by atoms with Gasteiger partial charge in [-0.3, -0.25) is 4.90 Å². The van der Waals surface area contributed by atoms with Gasteiger partial charge in [-0.2, -0.15) is 0 Å². The van der Waals surface area contributed by atoms with Gasteiger partial charge in [0.25, 0.3) is 0 Å². The molecule has 1 aliphatic carbocycles. The number of carbonyl (C=O) groups is 1. The number of carboxylic acid groups (broad SMARTS) is 1. The highest BCUT2D eigenvalue weighted by molar-refractivity contribution is 5.73. The SMILES string of the molecule is O=C(O)[C@H]1O[C@@H](Oc2ccc(/C=C3\CCCC[C@H]3N3CCC3)cc2)[C@H](O)[C@@H](O)[C@@H]1O. The summed E-state index contributed by atoms with van der Waals surface area (Å²) in [5.74, 6) is -1.06. The number of hydrogen-bond acceptors (Lipinski definition) is 7. The number of aliphatic hydroxyl groups is 3. The van der Waals surface area contributed by atoms with Crippen LogP contribution in [-0.2, 0) is 9.53 Å². The predicted molar refractivity (Wildman–Crippen MR) is 108 cm³/mol. The molecule has 8 heteroatoms. The van der Waals surface area contributed by atoms with E-state index in [1.165, 1.54) is 44.3 Å². The molecule has 4 N–H and O–H groups in total. The third-order valence-electron chi connectivity index (χ3n) is 6.25. The molecule has 1 aromatic carbocycles. The monoisotopic (exact) mass is 419 g/mol. The fraction of sp³-hybridized carbons (Fsp3) is 0.591. The molecule has 2 saturated heterocycles. The van der Waals surface area contributed by atoms with E-state index in [-0.39, 0.29) is 0 Å². The van der Waals surface area contributed by atoms with Crippen LogP contribution in [0.4, 0.5) is 0 Å². The van der Waals surface area contributed by atoms with E-state index in [1.54, 1.807) is 12.1 Å². The van der Waals surface area contributed by atoms with Crippen molar-refractivity contribution in [2.75, 3.05) is 13.1 Å². The van der Waals surface area contributed by atoms with Crippen LogP contribution in [0.3, 0.4) is 0 Å². The molecule has 0 radical (unpaired) electrons. The number of nitrogens with zero attached hydrogens (tertiary/aromatic N) is 1. The number of rotatable bonds is 5. The van der Waals surface area contributed by atoms with E-state index in [2.05, 4.69) is 11.0 Å². The van der Waals surface area contributed by atoms with Gasteiger partial charge in [0, 0.05) is 6.04 Å². The maximum atomic E-state index is 11.2. The van der Waals surface area contributed by atoms with Crippen molar-refractivity contribution in [1.82, 2.24) is 4.90 Å². The molecule has 2 heterocycles. The number of aliphatic hydroxyl groups excluding tert-OH is 3. The van der Waals surface area contributed by atoms with Crippen LogP contribution < -0.4 is 4.74 Å². The van der Waals surface area contributed by atoms with Gasteiger partial charge in [0.1, 0.15) is 24.1 Å². The smallest absolute Gasteiger partial charge is 0.335 e. The highest BCUT2D eigenvalue weighted by atomic mass is 16.7. The molecular weight excluding hydrogens is 390 g/mol. The molecule has 4 rings (SSSR count). The summed E-state index contributed by atoms with van der Waals surface area (Å²) in [4.78, 5) is 13.8. The molecule has 3 aliphatic rings. The Labute approximate surface area is 175 Å². The highest BCUT2D eigenvalue weighted by Crippen LogP contribution is 2.32. The summed E-state index contributed by atoms with van der Waals surface area (Å²) in [5.41, 5.74) is 2.51. The quantitative estimate of drug-likeness (QED) is 0.558. The van der Waals surface area contributed by atoms with Crippen LogP contribution in [0.1, 0.15) is 37.7 Å². The van der Waals surface area contributed by atoms with Crippen molar-refractivity contribution < 1.29 is 34.7 Å². The Hall–Kier alpha value is -1.97. The van der Waals surface area contributed by atoms with Crippen molar-refractivity contribution in [2.24, 2.45) is 0 Å². The lowest BCUT2D eigenvalue weighted by molar-refractivity contribution is -0.271. The van der Waals surface area contributed by atoms with Crippen LogP contribution in [0, 0.1) is 0 Å². The minimum Gasteiger partial charge on any atom is -0.479 e. The Morgan fingerprint density at radius 2 is 1.77 bits per heavy atom. The third-order valence-corrected chi connectivity index (χ3v) is 6.25. The summed E-state index contributed by atoms with van der Waals surface area (Å²) in [5, 5.41) is 38.9. The van der Waals surface area contributed by atoms with Crippen LogP contribution in [0.5, 0.6) is 5.75 Å².